The van der Waals surface area contributed by atoms with Crippen molar-refractivity contribution in [3.63, 3.8) is 0 Å². The highest BCUT2D eigenvalue weighted by Gasteiger charge is 2.38. The van der Waals surface area contributed by atoms with Gasteiger partial charge in [-0.2, -0.15) is 0 Å². The van der Waals surface area contributed by atoms with Gasteiger partial charge in [-0.3, -0.25) is 9.59 Å². The number of aliphatic hydroxyl groups excluding tert-OH is 1. The van der Waals surface area contributed by atoms with Crippen LogP contribution in [0, 0.1) is 5.82 Å². The first-order chi connectivity index (χ1) is 10.1. The second kappa shape index (κ2) is 5.14. The summed E-state index contributed by atoms with van der Waals surface area (Å²) >= 11 is 1.19. The standard InChI is InChI=1S/C15H10FNO3S/c16-9-5-2-1-4-8(9)12-11(14(19)15(20)17-12)13(18)10-6-3-7-21-10/h1-7,12,19H,(H,17,20)/t12-/m0/s1. The molecule has 1 aliphatic heterocycles. The number of ketones is 1. The van der Waals surface area contributed by atoms with Crippen molar-refractivity contribution in [2.45, 2.75) is 6.04 Å². The summed E-state index contributed by atoms with van der Waals surface area (Å²) in [5.74, 6) is -2.45. The van der Waals surface area contributed by atoms with Crippen molar-refractivity contribution in [2.24, 2.45) is 0 Å². The van der Waals surface area contributed by atoms with Crippen LogP contribution in [0.15, 0.2) is 53.1 Å². The Morgan fingerprint density at radius 1 is 1.24 bits per heavy atom. The summed E-state index contributed by atoms with van der Waals surface area (Å²) in [5, 5.41) is 14.0. The van der Waals surface area contributed by atoms with E-state index in [2.05, 4.69) is 5.32 Å². The molecule has 0 spiro atoms. The van der Waals surface area contributed by atoms with Crippen molar-refractivity contribution >= 4 is 23.0 Å². The number of benzene rings is 1. The van der Waals surface area contributed by atoms with Gasteiger partial charge in [0.05, 0.1) is 16.5 Å². The third-order valence-electron chi connectivity index (χ3n) is 3.24. The van der Waals surface area contributed by atoms with Gasteiger partial charge in [-0.15, -0.1) is 11.3 Å². The summed E-state index contributed by atoms with van der Waals surface area (Å²) in [6.45, 7) is 0. The Balaban J connectivity index is 2.08. The van der Waals surface area contributed by atoms with Crippen LogP contribution in [0.1, 0.15) is 21.3 Å². The number of aliphatic hydroxyl groups is 1. The van der Waals surface area contributed by atoms with E-state index in [0.29, 0.717) is 4.88 Å². The quantitative estimate of drug-likeness (QED) is 0.857. The van der Waals surface area contributed by atoms with Gasteiger partial charge < -0.3 is 10.4 Å². The number of Topliss-reactive ketones (excluding diaryl/α,β-unsaturated/α-hetero) is 1. The van der Waals surface area contributed by atoms with Gasteiger partial charge in [0.25, 0.3) is 5.91 Å². The summed E-state index contributed by atoms with van der Waals surface area (Å²) < 4.78 is 13.9. The molecule has 1 atom stereocenters. The van der Waals surface area contributed by atoms with Crippen molar-refractivity contribution in [1.29, 1.82) is 0 Å². The number of rotatable bonds is 3. The molecule has 1 aromatic carbocycles. The molecule has 0 saturated heterocycles. The van der Waals surface area contributed by atoms with Gasteiger partial charge >= 0.3 is 0 Å². The lowest BCUT2D eigenvalue weighted by Gasteiger charge is -2.14. The highest BCUT2D eigenvalue weighted by Crippen LogP contribution is 2.33. The Morgan fingerprint density at radius 2 is 2.00 bits per heavy atom. The Kier molecular flexibility index (Phi) is 3.31. The number of carbonyl (C=O) groups excluding carboxylic acids is 2. The van der Waals surface area contributed by atoms with Crippen LogP contribution in [0.3, 0.4) is 0 Å². The van der Waals surface area contributed by atoms with Gasteiger partial charge in [-0.05, 0) is 17.5 Å². The van der Waals surface area contributed by atoms with Crippen LogP contribution in [0.25, 0.3) is 0 Å². The van der Waals surface area contributed by atoms with E-state index >= 15 is 0 Å². The van der Waals surface area contributed by atoms with Crippen molar-refractivity contribution in [2.75, 3.05) is 0 Å². The lowest BCUT2D eigenvalue weighted by Crippen LogP contribution is -2.24. The van der Waals surface area contributed by atoms with E-state index in [9.17, 15) is 19.1 Å². The van der Waals surface area contributed by atoms with Gasteiger partial charge in [0, 0.05) is 5.56 Å². The lowest BCUT2D eigenvalue weighted by molar-refractivity contribution is -0.119. The van der Waals surface area contributed by atoms with Gasteiger partial charge in [0.15, 0.2) is 5.76 Å². The first-order valence-corrected chi connectivity index (χ1v) is 7.04. The van der Waals surface area contributed by atoms with Gasteiger partial charge in [-0.25, -0.2) is 4.39 Å². The Labute approximate surface area is 123 Å². The van der Waals surface area contributed by atoms with Crippen LogP contribution < -0.4 is 5.32 Å². The van der Waals surface area contributed by atoms with Crippen LogP contribution in [-0.2, 0) is 4.79 Å². The summed E-state index contributed by atoms with van der Waals surface area (Å²) in [6, 6.07) is 8.14. The normalized spacial score (nSPS) is 18.0. The molecule has 3 rings (SSSR count). The van der Waals surface area contributed by atoms with Crippen LogP contribution in [-0.4, -0.2) is 16.8 Å². The summed E-state index contributed by atoms with van der Waals surface area (Å²) in [6.07, 6.45) is 0. The van der Waals surface area contributed by atoms with Crippen LogP contribution in [0.4, 0.5) is 4.39 Å². The Morgan fingerprint density at radius 3 is 2.67 bits per heavy atom. The summed E-state index contributed by atoms with van der Waals surface area (Å²) in [5.41, 5.74) is 0.0300. The molecule has 106 valence electrons. The first kappa shape index (κ1) is 13.5. The molecule has 0 bridgehead atoms. The highest BCUT2D eigenvalue weighted by atomic mass is 32.1. The second-order valence-corrected chi connectivity index (χ2v) is 5.44. The van der Waals surface area contributed by atoms with E-state index in [1.165, 1.54) is 29.5 Å². The monoisotopic (exact) mass is 303 g/mol. The van der Waals surface area contributed by atoms with E-state index in [1.807, 2.05) is 0 Å². The molecule has 21 heavy (non-hydrogen) atoms. The molecular weight excluding hydrogens is 293 g/mol. The fourth-order valence-electron chi connectivity index (χ4n) is 2.25. The molecular formula is C15H10FNO3S. The average molecular weight is 303 g/mol. The molecule has 2 N–H and O–H groups in total. The molecule has 1 aliphatic rings. The minimum atomic E-state index is -0.978. The SMILES string of the molecule is O=C1N[C@@H](c2ccccc2F)C(C(=O)c2cccs2)=C1O. The van der Waals surface area contributed by atoms with E-state index in [-0.39, 0.29) is 11.1 Å². The smallest absolute Gasteiger partial charge is 0.287 e. The van der Waals surface area contributed by atoms with Crippen LogP contribution >= 0.6 is 11.3 Å². The van der Waals surface area contributed by atoms with Crippen LogP contribution in [0.5, 0.6) is 0 Å². The maximum atomic E-state index is 13.9. The summed E-state index contributed by atoms with van der Waals surface area (Å²) in [7, 11) is 0. The third-order valence-corrected chi connectivity index (χ3v) is 4.11. The summed E-state index contributed by atoms with van der Waals surface area (Å²) in [4.78, 5) is 24.5. The van der Waals surface area contributed by atoms with Crippen molar-refractivity contribution < 1.29 is 19.1 Å². The van der Waals surface area contributed by atoms with Gasteiger partial charge in [0.1, 0.15) is 5.82 Å². The molecule has 1 aromatic heterocycles. The number of hydrogen-bond acceptors (Lipinski definition) is 4. The van der Waals surface area contributed by atoms with E-state index in [1.54, 1.807) is 23.6 Å². The second-order valence-electron chi connectivity index (χ2n) is 4.50. The molecule has 4 nitrogen and oxygen atoms in total. The fourth-order valence-corrected chi connectivity index (χ4v) is 2.93. The fraction of sp³-hybridized carbons (Fsp3) is 0.0667. The molecule has 0 fully saturated rings. The number of thiophene rings is 1. The third kappa shape index (κ3) is 2.23. The zero-order chi connectivity index (χ0) is 15.0. The molecule has 2 heterocycles. The van der Waals surface area contributed by atoms with Crippen molar-refractivity contribution in [3.8, 4) is 0 Å². The van der Waals surface area contributed by atoms with Crippen LogP contribution in [0.2, 0.25) is 0 Å². The first-order valence-electron chi connectivity index (χ1n) is 6.16. The minimum absolute atomic E-state index is 0.118. The van der Waals surface area contributed by atoms with E-state index in [0.717, 1.165) is 0 Å². The molecule has 6 heteroatoms. The predicted molar refractivity (Wildman–Crippen MR) is 75.6 cm³/mol. The zero-order valence-corrected chi connectivity index (χ0v) is 11.5. The number of hydrogen-bond donors (Lipinski definition) is 2. The molecule has 0 saturated carbocycles. The predicted octanol–water partition coefficient (Wildman–Crippen LogP) is 2.75. The van der Waals surface area contributed by atoms with Crippen molar-refractivity contribution in [1.82, 2.24) is 5.32 Å². The maximum absolute atomic E-state index is 13.9. The van der Waals surface area contributed by atoms with E-state index in [4.69, 9.17) is 0 Å². The molecule has 0 aliphatic carbocycles. The lowest BCUT2D eigenvalue weighted by atomic mass is 9.96. The highest BCUT2D eigenvalue weighted by molar-refractivity contribution is 7.12. The maximum Gasteiger partial charge on any atom is 0.287 e. The van der Waals surface area contributed by atoms with Gasteiger partial charge in [0.2, 0.25) is 5.78 Å². The molecule has 0 radical (unpaired) electrons. The van der Waals surface area contributed by atoms with Crippen molar-refractivity contribution in [3.05, 3.63) is 69.4 Å². The number of halogens is 1. The van der Waals surface area contributed by atoms with Gasteiger partial charge in [-0.1, -0.05) is 24.3 Å². The average Bonchev–Trinajstić information content (AvgIpc) is 3.09. The Hall–Kier alpha value is -2.47. The number of carbonyl (C=O) groups is 2. The zero-order valence-electron chi connectivity index (χ0n) is 10.7. The number of nitrogens with one attached hydrogen (secondary N) is 1. The number of amides is 1. The van der Waals surface area contributed by atoms with E-state index < -0.39 is 29.3 Å². The largest absolute Gasteiger partial charge is 0.503 e. The minimum Gasteiger partial charge on any atom is -0.503 e. The molecule has 0 unspecified atom stereocenters. The topological polar surface area (TPSA) is 66.4 Å². The molecule has 1 amide bonds. The Bertz CT molecular complexity index is 752. The molecule has 2 aromatic rings.